The molecule has 0 saturated carbocycles. The van der Waals surface area contributed by atoms with Gasteiger partial charge in [0.1, 0.15) is 4.88 Å². The van der Waals surface area contributed by atoms with Crippen molar-refractivity contribution in [2.24, 2.45) is 0 Å². The van der Waals surface area contributed by atoms with E-state index >= 15 is 0 Å². The summed E-state index contributed by atoms with van der Waals surface area (Å²) in [6.07, 6.45) is 3.64. The number of carbonyl (C=O) groups is 1. The summed E-state index contributed by atoms with van der Waals surface area (Å²) in [6, 6.07) is 0.553. The maximum atomic E-state index is 11.7. The molecule has 1 aliphatic rings. The Morgan fingerprint density at radius 3 is 3.27 bits per heavy atom. The number of piperidine rings is 1. The standard InChI is InChI=1S/C9H14N4OS/c1-6-7(3-2-4-10-6)12-9(14)8-5-11-13-15-8/h5-7,10H,2-4H2,1H3,(H,12,14). The first-order valence-electron chi connectivity index (χ1n) is 5.09. The van der Waals surface area contributed by atoms with E-state index in [0.717, 1.165) is 30.9 Å². The number of hydrogen-bond acceptors (Lipinski definition) is 5. The molecule has 0 bridgehead atoms. The van der Waals surface area contributed by atoms with E-state index in [1.807, 2.05) is 0 Å². The third-order valence-corrected chi connectivity index (χ3v) is 3.33. The Bertz CT molecular complexity index is 327. The van der Waals surface area contributed by atoms with E-state index in [0.29, 0.717) is 10.9 Å². The van der Waals surface area contributed by atoms with Gasteiger partial charge in [0.05, 0.1) is 6.20 Å². The van der Waals surface area contributed by atoms with Gasteiger partial charge in [0.15, 0.2) is 0 Å². The topological polar surface area (TPSA) is 66.9 Å². The summed E-state index contributed by atoms with van der Waals surface area (Å²) in [5.41, 5.74) is 0. The molecule has 82 valence electrons. The van der Waals surface area contributed by atoms with Gasteiger partial charge in [-0.2, -0.15) is 0 Å². The van der Waals surface area contributed by atoms with Crippen molar-refractivity contribution in [3.63, 3.8) is 0 Å². The monoisotopic (exact) mass is 226 g/mol. The van der Waals surface area contributed by atoms with Gasteiger partial charge in [0, 0.05) is 12.1 Å². The predicted molar refractivity (Wildman–Crippen MR) is 57.9 cm³/mol. The Balaban J connectivity index is 1.93. The molecule has 1 fully saturated rings. The Hall–Kier alpha value is -1.01. The molecule has 0 spiro atoms. The first-order valence-corrected chi connectivity index (χ1v) is 5.86. The van der Waals surface area contributed by atoms with Gasteiger partial charge >= 0.3 is 0 Å². The van der Waals surface area contributed by atoms with Crippen molar-refractivity contribution in [1.29, 1.82) is 0 Å². The lowest BCUT2D eigenvalue weighted by Crippen LogP contribution is -2.51. The molecule has 5 nitrogen and oxygen atoms in total. The largest absolute Gasteiger partial charge is 0.347 e. The summed E-state index contributed by atoms with van der Waals surface area (Å²) in [6.45, 7) is 3.13. The van der Waals surface area contributed by atoms with E-state index in [1.165, 1.54) is 6.20 Å². The zero-order valence-electron chi connectivity index (χ0n) is 8.56. The Labute approximate surface area is 92.4 Å². The first-order chi connectivity index (χ1) is 7.27. The lowest BCUT2D eigenvalue weighted by atomic mass is 10.00. The average molecular weight is 226 g/mol. The fourth-order valence-corrected chi connectivity index (χ4v) is 2.17. The maximum absolute atomic E-state index is 11.7. The fourth-order valence-electron chi connectivity index (χ4n) is 1.75. The molecule has 1 aromatic heterocycles. The van der Waals surface area contributed by atoms with Crippen LogP contribution in [-0.2, 0) is 0 Å². The van der Waals surface area contributed by atoms with Crippen LogP contribution in [0.2, 0.25) is 0 Å². The molecular formula is C9H14N4OS. The normalized spacial score (nSPS) is 26.2. The van der Waals surface area contributed by atoms with Crippen molar-refractivity contribution in [1.82, 2.24) is 20.2 Å². The van der Waals surface area contributed by atoms with Gasteiger partial charge in [-0.25, -0.2) is 0 Å². The first kappa shape index (κ1) is 10.5. The van der Waals surface area contributed by atoms with Gasteiger partial charge in [0.25, 0.3) is 5.91 Å². The Morgan fingerprint density at radius 1 is 1.73 bits per heavy atom. The van der Waals surface area contributed by atoms with Crippen LogP contribution in [-0.4, -0.2) is 34.1 Å². The summed E-state index contributed by atoms with van der Waals surface area (Å²) >= 11 is 1.13. The number of rotatable bonds is 2. The highest BCUT2D eigenvalue weighted by atomic mass is 32.1. The molecule has 15 heavy (non-hydrogen) atoms. The van der Waals surface area contributed by atoms with Crippen LogP contribution in [0.15, 0.2) is 6.20 Å². The van der Waals surface area contributed by atoms with Crippen LogP contribution in [0.25, 0.3) is 0 Å². The minimum atomic E-state index is -0.0643. The van der Waals surface area contributed by atoms with Gasteiger partial charge in [-0.1, -0.05) is 4.49 Å². The molecule has 0 aliphatic carbocycles. The molecule has 1 aromatic rings. The fraction of sp³-hybridized carbons (Fsp3) is 0.667. The van der Waals surface area contributed by atoms with Crippen molar-refractivity contribution in [2.45, 2.75) is 31.8 Å². The second-order valence-corrected chi connectivity index (χ2v) is 4.53. The van der Waals surface area contributed by atoms with Crippen molar-refractivity contribution >= 4 is 17.4 Å². The molecule has 1 aliphatic heterocycles. The summed E-state index contributed by atoms with van der Waals surface area (Å²) in [5.74, 6) is -0.0643. The van der Waals surface area contributed by atoms with E-state index in [-0.39, 0.29) is 11.9 Å². The molecule has 6 heteroatoms. The van der Waals surface area contributed by atoms with Crippen molar-refractivity contribution in [3.05, 3.63) is 11.1 Å². The number of hydrogen-bond donors (Lipinski definition) is 2. The van der Waals surface area contributed by atoms with Crippen LogP contribution in [0, 0.1) is 0 Å². The van der Waals surface area contributed by atoms with E-state index in [2.05, 4.69) is 27.1 Å². The maximum Gasteiger partial charge on any atom is 0.264 e. The van der Waals surface area contributed by atoms with Crippen molar-refractivity contribution in [3.8, 4) is 0 Å². The number of amides is 1. The van der Waals surface area contributed by atoms with Crippen LogP contribution in [0.4, 0.5) is 0 Å². The second-order valence-electron chi connectivity index (χ2n) is 3.75. The minimum Gasteiger partial charge on any atom is -0.347 e. The van der Waals surface area contributed by atoms with Crippen molar-refractivity contribution in [2.75, 3.05) is 6.54 Å². The average Bonchev–Trinajstić information content (AvgIpc) is 2.74. The second kappa shape index (κ2) is 4.67. The van der Waals surface area contributed by atoms with Gasteiger partial charge in [-0.05, 0) is 37.8 Å². The highest BCUT2D eigenvalue weighted by Gasteiger charge is 2.23. The lowest BCUT2D eigenvalue weighted by Gasteiger charge is -2.30. The zero-order chi connectivity index (χ0) is 10.7. The lowest BCUT2D eigenvalue weighted by molar-refractivity contribution is 0.0924. The van der Waals surface area contributed by atoms with E-state index in [1.54, 1.807) is 0 Å². The highest BCUT2D eigenvalue weighted by molar-refractivity contribution is 7.07. The van der Waals surface area contributed by atoms with Crippen molar-refractivity contribution < 1.29 is 4.79 Å². The predicted octanol–water partition coefficient (Wildman–Crippen LogP) is 0.408. The molecule has 2 atom stereocenters. The van der Waals surface area contributed by atoms with Crippen LogP contribution in [0.1, 0.15) is 29.4 Å². The summed E-state index contributed by atoms with van der Waals surface area (Å²) in [5, 5.41) is 9.99. The van der Waals surface area contributed by atoms with Crippen LogP contribution in [0.3, 0.4) is 0 Å². The number of nitrogens with zero attached hydrogens (tertiary/aromatic N) is 2. The molecule has 0 radical (unpaired) electrons. The summed E-state index contributed by atoms with van der Waals surface area (Å²) in [7, 11) is 0. The molecular weight excluding hydrogens is 212 g/mol. The molecule has 2 heterocycles. The number of nitrogens with one attached hydrogen (secondary N) is 2. The van der Waals surface area contributed by atoms with Crippen LogP contribution in [0.5, 0.6) is 0 Å². The van der Waals surface area contributed by atoms with Crippen LogP contribution < -0.4 is 10.6 Å². The number of aromatic nitrogens is 2. The van der Waals surface area contributed by atoms with Crippen LogP contribution >= 0.6 is 11.5 Å². The summed E-state index contributed by atoms with van der Waals surface area (Å²) in [4.78, 5) is 12.3. The van der Waals surface area contributed by atoms with Gasteiger partial charge in [-0.15, -0.1) is 5.10 Å². The molecule has 1 saturated heterocycles. The third-order valence-electron chi connectivity index (χ3n) is 2.66. The molecule has 2 rings (SSSR count). The smallest absolute Gasteiger partial charge is 0.264 e. The molecule has 1 amide bonds. The quantitative estimate of drug-likeness (QED) is 0.766. The highest BCUT2D eigenvalue weighted by Crippen LogP contribution is 2.10. The van der Waals surface area contributed by atoms with E-state index in [9.17, 15) is 4.79 Å². The summed E-state index contributed by atoms with van der Waals surface area (Å²) < 4.78 is 3.67. The van der Waals surface area contributed by atoms with Gasteiger partial charge < -0.3 is 10.6 Å². The van der Waals surface area contributed by atoms with E-state index in [4.69, 9.17) is 0 Å². The van der Waals surface area contributed by atoms with Gasteiger partial charge in [-0.3, -0.25) is 4.79 Å². The zero-order valence-corrected chi connectivity index (χ0v) is 9.38. The van der Waals surface area contributed by atoms with E-state index < -0.39 is 0 Å². The SMILES string of the molecule is CC1NCCCC1NC(=O)c1cnns1. The molecule has 2 N–H and O–H groups in total. The van der Waals surface area contributed by atoms with Gasteiger partial charge in [0.2, 0.25) is 0 Å². The number of carbonyl (C=O) groups excluding carboxylic acids is 1. The molecule has 2 unspecified atom stereocenters. The third kappa shape index (κ3) is 2.51. The minimum absolute atomic E-state index is 0.0643. The Kier molecular flexibility index (Phi) is 3.27. The Morgan fingerprint density at radius 2 is 2.60 bits per heavy atom. The molecule has 0 aromatic carbocycles.